The Morgan fingerprint density at radius 2 is 1.59 bits per heavy atom. The fraction of sp³-hybridized carbons (Fsp3) is 0.364. The van der Waals surface area contributed by atoms with Crippen molar-refractivity contribution in [3.05, 3.63) is 59.6 Å². The summed E-state index contributed by atoms with van der Waals surface area (Å²) >= 11 is 5.82. The van der Waals surface area contributed by atoms with Crippen LogP contribution in [0, 0.1) is 0 Å². The number of para-hydroxylation sites is 1. The van der Waals surface area contributed by atoms with E-state index in [0.717, 1.165) is 5.75 Å². The van der Waals surface area contributed by atoms with Crippen molar-refractivity contribution < 1.29 is 27.5 Å². The Bertz CT molecular complexity index is 1010. The van der Waals surface area contributed by atoms with Gasteiger partial charge < -0.3 is 14.4 Å². The summed E-state index contributed by atoms with van der Waals surface area (Å²) in [4.78, 5) is 25.8. The van der Waals surface area contributed by atoms with E-state index in [9.17, 15) is 18.0 Å². The molecule has 8 nitrogen and oxygen atoms in total. The summed E-state index contributed by atoms with van der Waals surface area (Å²) in [6, 6.07) is 15.2. The number of piperazine rings is 1. The lowest BCUT2D eigenvalue weighted by Crippen LogP contribution is -2.51. The van der Waals surface area contributed by atoms with Gasteiger partial charge in [-0.15, -0.1) is 0 Å². The van der Waals surface area contributed by atoms with Gasteiger partial charge in [0.2, 0.25) is 10.0 Å². The standard InChI is InChI=1S/C22H25ClN2O6S/c23-18-8-10-20(11-9-18)32(28,29)25-14-12-24(13-15-25)21(26)17-31-22(27)7-4-16-30-19-5-2-1-3-6-19/h1-3,5-6,8-11H,4,7,12-17H2. The Labute approximate surface area is 192 Å². The number of benzene rings is 2. The Kier molecular flexibility index (Phi) is 8.49. The third-order valence-electron chi connectivity index (χ3n) is 4.94. The van der Waals surface area contributed by atoms with Crippen LogP contribution in [0.5, 0.6) is 5.75 Å². The van der Waals surface area contributed by atoms with E-state index in [2.05, 4.69) is 0 Å². The molecular formula is C22H25ClN2O6S. The number of carbonyl (C=O) groups excluding carboxylic acids is 2. The zero-order valence-corrected chi connectivity index (χ0v) is 19.1. The molecule has 1 heterocycles. The number of halogens is 1. The lowest BCUT2D eigenvalue weighted by molar-refractivity contribution is -0.152. The van der Waals surface area contributed by atoms with E-state index in [4.69, 9.17) is 21.1 Å². The summed E-state index contributed by atoms with van der Waals surface area (Å²) < 4.78 is 37.3. The van der Waals surface area contributed by atoms with Crippen molar-refractivity contribution in [3.8, 4) is 5.75 Å². The van der Waals surface area contributed by atoms with Gasteiger partial charge in [0.05, 0.1) is 11.5 Å². The van der Waals surface area contributed by atoms with Crippen molar-refractivity contribution in [2.24, 2.45) is 0 Å². The van der Waals surface area contributed by atoms with Crippen LogP contribution in [0.15, 0.2) is 59.5 Å². The quantitative estimate of drug-likeness (QED) is 0.404. The Morgan fingerprint density at radius 1 is 0.938 bits per heavy atom. The molecule has 0 radical (unpaired) electrons. The second-order valence-corrected chi connectivity index (χ2v) is 9.54. The maximum Gasteiger partial charge on any atom is 0.306 e. The van der Waals surface area contributed by atoms with Crippen LogP contribution >= 0.6 is 11.6 Å². The molecule has 0 saturated carbocycles. The first-order chi connectivity index (χ1) is 15.4. The molecule has 3 rings (SSSR count). The average Bonchev–Trinajstić information content (AvgIpc) is 2.81. The van der Waals surface area contributed by atoms with Crippen LogP contribution in [-0.2, 0) is 24.3 Å². The van der Waals surface area contributed by atoms with Crippen LogP contribution < -0.4 is 4.74 Å². The topological polar surface area (TPSA) is 93.2 Å². The summed E-state index contributed by atoms with van der Waals surface area (Å²) in [5.74, 6) is -0.0883. The molecule has 2 aromatic carbocycles. The van der Waals surface area contributed by atoms with Crippen molar-refractivity contribution in [2.75, 3.05) is 39.4 Å². The summed E-state index contributed by atoms with van der Waals surface area (Å²) in [6.45, 7) is 0.810. The molecule has 0 aliphatic carbocycles. The molecule has 0 atom stereocenters. The SMILES string of the molecule is O=C(CCCOc1ccccc1)OCC(=O)N1CCN(S(=O)(=O)c2ccc(Cl)cc2)CC1. The first kappa shape index (κ1) is 24.0. The first-order valence-corrected chi connectivity index (χ1v) is 12.0. The minimum atomic E-state index is -3.65. The predicted octanol–water partition coefficient (Wildman–Crippen LogP) is 2.58. The number of carbonyl (C=O) groups is 2. The van der Waals surface area contributed by atoms with Crippen LogP contribution in [0.3, 0.4) is 0 Å². The number of hydrogen-bond donors (Lipinski definition) is 0. The molecule has 0 bridgehead atoms. The highest BCUT2D eigenvalue weighted by Gasteiger charge is 2.30. The molecule has 1 aliphatic heterocycles. The van der Waals surface area contributed by atoms with Crippen molar-refractivity contribution in [1.29, 1.82) is 0 Å². The van der Waals surface area contributed by atoms with E-state index >= 15 is 0 Å². The molecule has 1 aliphatic rings. The molecule has 2 aromatic rings. The van der Waals surface area contributed by atoms with E-state index in [-0.39, 0.29) is 50.0 Å². The smallest absolute Gasteiger partial charge is 0.306 e. The highest BCUT2D eigenvalue weighted by Crippen LogP contribution is 2.20. The highest BCUT2D eigenvalue weighted by atomic mass is 35.5. The average molecular weight is 481 g/mol. The molecule has 0 spiro atoms. The van der Waals surface area contributed by atoms with Gasteiger partial charge in [-0.25, -0.2) is 8.42 Å². The number of ether oxygens (including phenoxy) is 2. The van der Waals surface area contributed by atoms with Crippen molar-refractivity contribution in [3.63, 3.8) is 0 Å². The third kappa shape index (κ3) is 6.69. The Morgan fingerprint density at radius 3 is 2.25 bits per heavy atom. The molecule has 32 heavy (non-hydrogen) atoms. The van der Waals surface area contributed by atoms with Crippen LogP contribution in [0.2, 0.25) is 5.02 Å². The summed E-state index contributed by atoms with van der Waals surface area (Å²) in [5, 5.41) is 0.456. The molecule has 1 saturated heterocycles. The second-order valence-electron chi connectivity index (χ2n) is 7.16. The summed E-state index contributed by atoms with van der Waals surface area (Å²) in [7, 11) is -3.65. The van der Waals surface area contributed by atoms with E-state index in [1.165, 1.54) is 33.5 Å². The zero-order valence-electron chi connectivity index (χ0n) is 17.5. The van der Waals surface area contributed by atoms with Crippen LogP contribution in [0.1, 0.15) is 12.8 Å². The molecule has 1 amide bonds. The normalized spacial score (nSPS) is 14.7. The number of esters is 1. The second kappa shape index (κ2) is 11.3. The monoisotopic (exact) mass is 480 g/mol. The van der Waals surface area contributed by atoms with Gasteiger partial charge in [-0.3, -0.25) is 9.59 Å². The molecule has 172 valence electrons. The maximum atomic E-state index is 12.7. The fourth-order valence-electron chi connectivity index (χ4n) is 3.16. The molecular weight excluding hydrogens is 456 g/mol. The summed E-state index contributed by atoms with van der Waals surface area (Å²) in [6.07, 6.45) is 0.621. The number of sulfonamides is 1. The van der Waals surface area contributed by atoms with Gasteiger partial charge in [0, 0.05) is 37.6 Å². The van der Waals surface area contributed by atoms with Crippen molar-refractivity contribution in [1.82, 2.24) is 9.21 Å². The van der Waals surface area contributed by atoms with Gasteiger partial charge in [-0.05, 0) is 42.8 Å². The number of amides is 1. The van der Waals surface area contributed by atoms with Gasteiger partial charge in [-0.1, -0.05) is 29.8 Å². The van der Waals surface area contributed by atoms with E-state index in [1.54, 1.807) is 0 Å². The van der Waals surface area contributed by atoms with Gasteiger partial charge in [0.25, 0.3) is 5.91 Å². The zero-order chi connectivity index (χ0) is 23.0. The molecule has 10 heteroatoms. The van der Waals surface area contributed by atoms with E-state index in [1.807, 2.05) is 30.3 Å². The summed E-state index contributed by atoms with van der Waals surface area (Å²) in [5.41, 5.74) is 0. The van der Waals surface area contributed by atoms with E-state index in [0.29, 0.717) is 18.1 Å². The van der Waals surface area contributed by atoms with Gasteiger partial charge in [-0.2, -0.15) is 4.31 Å². The Balaban J connectivity index is 1.36. The molecule has 0 N–H and O–H groups in total. The van der Waals surface area contributed by atoms with E-state index < -0.39 is 16.0 Å². The largest absolute Gasteiger partial charge is 0.494 e. The molecule has 1 fully saturated rings. The lowest BCUT2D eigenvalue weighted by Gasteiger charge is -2.33. The Hall–Kier alpha value is -2.62. The fourth-order valence-corrected chi connectivity index (χ4v) is 4.71. The first-order valence-electron chi connectivity index (χ1n) is 10.2. The minimum Gasteiger partial charge on any atom is -0.494 e. The van der Waals surface area contributed by atoms with Crippen molar-refractivity contribution in [2.45, 2.75) is 17.7 Å². The molecule has 0 aromatic heterocycles. The number of nitrogens with zero attached hydrogens (tertiary/aromatic N) is 2. The van der Waals surface area contributed by atoms with Gasteiger partial charge >= 0.3 is 5.97 Å². The third-order valence-corrected chi connectivity index (χ3v) is 7.10. The number of hydrogen-bond acceptors (Lipinski definition) is 6. The molecule has 0 unspecified atom stereocenters. The van der Waals surface area contributed by atoms with Gasteiger partial charge in [0.15, 0.2) is 6.61 Å². The lowest BCUT2D eigenvalue weighted by atomic mass is 10.3. The van der Waals surface area contributed by atoms with Crippen molar-refractivity contribution >= 4 is 33.5 Å². The maximum absolute atomic E-state index is 12.7. The highest BCUT2D eigenvalue weighted by molar-refractivity contribution is 7.89. The predicted molar refractivity (Wildman–Crippen MR) is 119 cm³/mol. The van der Waals surface area contributed by atoms with Gasteiger partial charge in [0.1, 0.15) is 5.75 Å². The van der Waals surface area contributed by atoms with Crippen LogP contribution in [0.4, 0.5) is 0 Å². The van der Waals surface area contributed by atoms with Crippen LogP contribution in [0.25, 0.3) is 0 Å². The number of rotatable bonds is 9. The van der Waals surface area contributed by atoms with Crippen LogP contribution in [-0.4, -0.2) is 68.9 Å². The minimum absolute atomic E-state index is 0.146.